The molecule has 0 heterocycles. The third-order valence-electron chi connectivity index (χ3n) is 6.46. The van der Waals surface area contributed by atoms with Gasteiger partial charge in [0.1, 0.15) is 12.6 Å². The van der Waals surface area contributed by atoms with Crippen LogP contribution in [-0.4, -0.2) is 44.3 Å². The maximum absolute atomic E-state index is 13.9. The first kappa shape index (κ1) is 30.2. The molecule has 0 aromatic heterocycles. The lowest BCUT2D eigenvalue weighted by Gasteiger charge is -2.32. The van der Waals surface area contributed by atoms with Crippen molar-refractivity contribution in [2.24, 2.45) is 5.92 Å². The lowest BCUT2D eigenvalue weighted by molar-refractivity contribution is -0.139. The van der Waals surface area contributed by atoms with E-state index in [0.29, 0.717) is 17.3 Å². The molecular formula is C30H36ClN3O4S. The van der Waals surface area contributed by atoms with Crippen molar-refractivity contribution in [1.82, 2.24) is 10.2 Å². The fourth-order valence-electron chi connectivity index (χ4n) is 3.98. The summed E-state index contributed by atoms with van der Waals surface area (Å²) in [7, 11) is -4.13. The van der Waals surface area contributed by atoms with Crippen LogP contribution in [-0.2, 0) is 26.2 Å². The van der Waals surface area contributed by atoms with Gasteiger partial charge in [0.2, 0.25) is 11.8 Å². The number of rotatable bonds is 11. The molecule has 2 amide bonds. The van der Waals surface area contributed by atoms with Gasteiger partial charge in [0.05, 0.1) is 10.6 Å². The molecule has 9 heteroatoms. The minimum atomic E-state index is -4.13. The van der Waals surface area contributed by atoms with Crippen molar-refractivity contribution in [2.75, 3.05) is 17.4 Å². The summed E-state index contributed by atoms with van der Waals surface area (Å²) >= 11 is 5.99. The highest BCUT2D eigenvalue weighted by Crippen LogP contribution is 2.26. The van der Waals surface area contributed by atoms with Gasteiger partial charge in [-0.15, -0.1) is 0 Å². The van der Waals surface area contributed by atoms with Crippen molar-refractivity contribution in [3.8, 4) is 0 Å². The van der Waals surface area contributed by atoms with Crippen molar-refractivity contribution >= 4 is 39.1 Å². The first-order valence-electron chi connectivity index (χ1n) is 12.9. The predicted octanol–water partition coefficient (Wildman–Crippen LogP) is 5.34. The molecule has 3 rings (SSSR count). The molecule has 39 heavy (non-hydrogen) atoms. The standard InChI is InChI=1S/C30H36ClN3O4S/c1-21(2)18-32-30(36)24(5)33(19-25-9-7-6-8-23(25)4)29(35)20-34(27-14-10-22(3)11-15-27)39(37,38)28-16-12-26(31)13-17-28/h6-17,21,24H,18-20H2,1-5H3,(H,32,36)/t24-/m0/s1. The fourth-order valence-corrected chi connectivity index (χ4v) is 5.52. The van der Waals surface area contributed by atoms with Gasteiger partial charge in [-0.05, 0) is 74.2 Å². The van der Waals surface area contributed by atoms with Crippen LogP contribution in [0.15, 0.2) is 77.7 Å². The van der Waals surface area contributed by atoms with E-state index in [9.17, 15) is 18.0 Å². The quantitative estimate of drug-likeness (QED) is 0.338. The monoisotopic (exact) mass is 569 g/mol. The van der Waals surface area contributed by atoms with E-state index >= 15 is 0 Å². The Kier molecular flexibility index (Phi) is 10.2. The third kappa shape index (κ3) is 7.83. The van der Waals surface area contributed by atoms with Crippen LogP contribution in [0.5, 0.6) is 0 Å². The molecule has 0 bridgehead atoms. The van der Waals surface area contributed by atoms with Crippen LogP contribution in [0.25, 0.3) is 0 Å². The number of amides is 2. The fraction of sp³-hybridized carbons (Fsp3) is 0.333. The first-order chi connectivity index (χ1) is 18.4. The normalized spacial score (nSPS) is 12.2. The highest BCUT2D eigenvalue weighted by Gasteiger charge is 2.32. The van der Waals surface area contributed by atoms with Gasteiger partial charge in [0.15, 0.2) is 0 Å². The SMILES string of the molecule is Cc1ccc(N(CC(=O)N(Cc2ccccc2C)[C@@H](C)C(=O)NCC(C)C)S(=O)(=O)c2ccc(Cl)cc2)cc1. The molecule has 0 aliphatic carbocycles. The summed E-state index contributed by atoms with van der Waals surface area (Å²) < 4.78 is 28.7. The molecule has 0 radical (unpaired) electrons. The lowest BCUT2D eigenvalue weighted by atomic mass is 10.1. The van der Waals surface area contributed by atoms with Crippen LogP contribution in [0.1, 0.15) is 37.5 Å². The van der Waals surface area contributed by atoms with E-state index < -0.39 is 28.5 Å². The van der Waals surface area contributed by atoms with E-state index in [2.05, 4.69) is 5.32 Å². The van der Waals surface area contributed by atoms with Gasteiger partial charge < -0.3 is 10.2 Å². The number of aryl methyl sites for hydroxylation is 2. The first-order valence-corrected chi connectivity index (χ1v) is 14.7. The molecule has 0 spiro atoms. The van der Waals surface area contributed by atoms with Crippen molar-refractivity contribution in [1.29, 1.82) is 0 Å². The number of carbonyl (C=O) groups excluding carboxylic acids is 2. The number of nitrogens with one attached hydrogen (secondary N) is 1. The Hall–Kier alpha value is -3.36. The molecule has 1 atom stereocenters. The summed E-state index contributed by atoms with van der Waals surface area (Å²) in [5.41, 5.74) is 3.13. The van der Waals surface area contributed by atoms with Gasteiger partial charge >= 0.3 is 0 Å². The number of hydrogen-bond acceptors (Lipinski definition) is 4. The van der Waals surface area contributed by atoms with E-state index in [4.69, 9.17) is 11.6 Å². The van der Waals surface area contributed by atoms with E-state index in [-0.39, 0.29) is 23.3 Å². The number of benzene rings is 3. The smallest absolute Gasteiger partial charge is 0.264 e. The molecule has 0 fully saturated rings. The number of sulfonamides is 1. The molecule has 3 aromatic rings. The zero-order valence-corrected chi connectivity index (χ0v) is 24.6. The summed E-state index contributed by atoms with van der Waals surface area (Å²) in [5, 5.41) is 3.29. The number of nitrogens with zero attached hydrogens (tertiary/aromatic N) is 2. The summed E-state index contributed by atoms with van der Waals surface area (Å²) in [6.45, 7) is 9.61. The second-order valence-electron chi connectivity index (χ2n) is 10.1. The molecule has 0 saturated carbocycles. The second kappa shape index (κ2) is 13.1. The van der Waals surface area contributed by atoms with Gasteiger partial charge in [-0.2, -0.15) is 0 Å². The Morgan fingerprint density at radius 3 is 2.10 bits per heavy atom. The molecule has 0 aliphatic rings. The Labute approximate surface area is 236 Å². The molecule has 3 aromatic carbocycles. The van der Waals surface area contributed by atoms with Crippen LogP contribution in [0.4, 0.5) is 5.69 Å². The van der Waals surface area contributed by atoms with Crippen molar-refractivity contribution in [3.05, 3.63) is 94.5 Å². The zero-order valence-electron chi connectivity index (χ0n) is 23.0. The maximum atomic E-state index is 13.9. The Bertz CT molecular complexity index is 1390. The van der Waals surface area contributed by atoms with Crippen LogP contribution in [0, 0.1) is 19.8 Å². The van der Waals surface area contributed by atoms with E-state index in [0.717, 1.165) is 21.0 Å². The van der Waals surface area contributed by atoms with Gasteiger partial charge in [-0.25, -0.2) is 8.42 Å². The van der Waals surface area contributed by atoms with Crippen molar-refractivity contribution in [3.63, 3.8) is 0 Å². The minimum Gasteiger partial charge on any atom is -0.354 e. The number of carbonyl (C=O) groups is 2. The molecule has 7 nitrogen and oxygen atoms in total. The second-order valence-corrected chi connectivity index (χ2v) is 12.4. The van der Waals surface area contributed by atoms with Crippen LogP contribution < -0.4 is 9.62 Å². The van der Waals surface area contributed by atoms with Gasteiger partial charge in [-0.1, -0.05) is 67.4 Å². The van der Waals surface area contributed by atoms with E-state index in [1.54, 1.807) is 31.2 Å². The highest BCUT2D eigenvalue weighted by atomic mass is 35.5. The summed E-state index contributed by atoms with van der Waals surface area (Å²) in [4.78, 5) is 28.5. The highest BCUT2D eigenvalue weighted by molar-refractivity contribution is 7.92. The predicted molar refractivity (Wildman–Crippen MR) is 156 cm³/mol. The van der Waals surface area contributed by atoms with Crippen LogP contribution >= 0.6 is 11.6 Å². The number of hydrogen-bond donors (Lipinski definition) is 1. The molecule has 208 valence electrons. The summed E-state index contributed by atoms with van der Waals surface area (Å²) in [6, 6.07) is 19.5. The average Bonchev–Trinajstić information content (AvgIpc) is 2.90. The summed E-state index contributed by atoms with van der Waals surface area (Å²) in [5.74, 6) is -0.556. The molecule has 0 saturated heterocycles. The number of halogens is 1. The zero-order chi connectivity index (χ0) is 28.7. The molecule has 0 aliphatic heterocycles. The van der Waals surface area contributed by atoms with Gasteiger partial charge in [0, 0.05) is 18.1 Å². The van der Waals surface area contributed by atoms with Gasteiger partial charge in [-0.3, -0.25) is 13.9 Å². The minimum absolute atomic E-state index is 0.00783. The Morgan fingerprint density at radius 2 is 1.51 bits per heavy atom. The van der Waals surface area contributed by atoms with E-state index in [1.165, 1.54) is 29.2 Å². The Balaban J connectivity index is 2.01. The average molecular weight is 570 g/mol. The van der Waals surface area contributed by atoms with Crippen molar-refractivity contribution in [2.45, 2.75) is 52.1 Å². The van der Waals surface area contributed by atoms with Gasteiger partial charge in [0.25, 0.3) is 10.0 Å². The summed E-state index contributed by atoms with van der Waals surface area (Å²) in [6.07, 6.45) is 0. The largest absolute Gasteiger partial charge is 0.354 e. The molecule has 0 unspecified atom stereocenters. The lowest BCUT2D eigenvalue weighted by Crippen LogP contribution is -2.51. The van der Waals surface area contributed by atoms with Crippen molar-refractivity contribution < 1.29 is 18.0 Å². The third-order valence-corrected chi connectivity index (χ3v) is 8.50. The maximum Gasteiger partial charge on any atom is 0.264 e. The van der Waals surface area contributed by atoms with E-state index in [1.807, 2.05) is 52.0 Å². The number of anilines is 1. The topological polar surface area (TPSA) is 86.8 Å². The molecular weight excluding hydrogens is 534 g/mol. The van der Waals surface area contributed by atoms with Crippen LogP contribution in [0.2, 0.25) is 5.02 Å². The van der Waals surface area contributed by atoms with Crippen LogP contribution in [0.3, 0.4) is 0 Å². The molecule has 1 N–H and O–H groups in total. The Morgan fingerprint density at radius 1 is 0.897 bits per heavy atom.